The Morgan fingerprint density at radius 3 is 2.86 bits per heavy atom. The van der Waals surface area contributed by atoms with Crippen molar-refractivity contribution in [2.75, 3.05) is 7.11 Å². The van der Waals surface area contributed by atoms with E-state index in [-0.39, 0.29) is 5.78 Å². The average Bonchev–Trinajstić information content (AvgIpc) is 2.61. The highest BCUT2D eigenvalue weighted by Gasteiger charge is 2.47. The molecule has 0 amide bonds. The molecule has 0 saturated heterocycles. The van der Waals surface area contributed by atoms with E-state index in [1.165, 1.54) is 18.4 Å². The van der Waals surface area contributed by atoms with Gasteiger partial charge in [0.15, 0.2) is 0 Å². The largest absolute Gasteiger partial charge is 0.473 e. The number of ketones is 1. The van der Waals surface area contributed by atoms with Crippen molar-refractivity contribution in [2.45, 2.75) is 18.3 Å². The van der Waals surface area contributed by atoms with Gasteiger partial charge in [0.1, 0.15) is 11.2 Å². The maximum atomic E-state index is 10.9. The lowest BCUT2D eigenvalue weighted by atomic mass is 9.68. The highest BCUT2D eigenvalue weighted by molar-refractivity contribution is 7.13. The summed E-state index contributed by atoms with van der Waals surface area (Å²) in [6.07, 6.45) is 2.25. The third-order valence-electron chi connectivity index (χ3n) is 2.34. The summed E-state index contributed by atoms with van der Waals surface area (Å²) in [5.41, 5.74) is -0.620. The third kappa shape index (κ3) is 1.19. The molecule has 1 aliphatic rings. The van der Waals surface area contributed by atoms with Crippen LogP contribution in [0.4, 0.5) is 0 Å². The van der Waals surface area contributed by atoms with Gasteiger partial charge in [-0.15, -0.1) is 0 Å². The average molecular weight is 208 g/mol. The van der Waals surface area contributed by atoms with Crippen molar-refractivity contribution >= 4 is 17.1 Å². The van der Waals surface area contributed by atoms with Gasteiger partial charge < -0.3 is 4.74 Å². The van der Waals surface area contributed by atoms with Crippen LogP contribution in [0, 0.1) is 11.3 Å². The fourth-order valence-electron chi connectivity index (χ4n) is 1.50. The molecule has 1 aromatic rings. The minimum absolute atomic E-state index is 0.138. The van der Waals surface area contributed by atoms with Crippen LogP contribution in [0.1, 0.15) is 17.7 Å². The molecule has 4 nitrogen and oxygen atoms in total. The molecule has 2 rings (SSSR count). The number of nitrogens with zero attached hydrogens (tertiary/aromatic N) is 2. The zero-order valence-electron chi connectivity index (χ0n) is 7.61. The first-order valence-electron chi connectivity index (χ1n) is 4.13. The van der Waals surface area contributed by atoms with E-state index in [1.54, 1.807) is 6.20 Å². The van der Waals surface area contributed by atoms with Crippen molar-refractivity contribution < 1.29 is 9.53 Å². The normalized spacial score (nSPS) is 18.4. The molecule has 1 saturated carbocycles. The number of rotatable bonds is 2. The second-order valence-corrected chi connectivity index (χ2v) is 4.27. The Morgan fingerprint density at radius 1 is 1.71 bits per heavy atom. The summed E-state index contributed by atoms with van der Waals surface area (Å²) in [5.74, 6) is 0.138. The lowest BCUT2D eigenvalue weighted by Crippen LogP contribution is -2.39. The fraction of sp³-hybridized carbons (Fsp3) is 0.444. The highest BCUT2D eigenvalue weighted by atomic mass is 32.1. The third-order valence-corrected chi connectivity index (χ3v) is 3.51. The minimum Gasteiger partial charge on any atom is -0.473 e. The summed E-state index contributed by atoms with van der Waals surface area (Å²) in [6.45, 7) is 0. The van der Waals surface area contributed by atoms with Crippen LogP contribution in [-0.2, 0) is 10.2 Å². The van der Waals surface area contributed by atoms with Gasteiger partial charge in [0.2, 0.25) is 0 Å². The smallest absolute Gasteiger partial charge is 0.273 e. The molecule has 1 fully saturated rings. The molecule has 1 heterocycles. The number of methoxy groups -OCH3 is 1. The van der Waals surface area contributed by atoms with E-state index in [4.69, 9.17) is 10.00 Å². The molecule has 14 heavy (non-hydrogen) atoms. The summed E-state index contributed by atoms with van der Waals surface area (Å²) in [7, 11) is 1.54. The van der Waals surface area contributed by atoms with Crippen molar-refractivity contribution in [3.05, 3.63) is 11.1 Å². The number of carbonyl (C=O) groups is 1. The number of hydrogen-bond donors (Lipinski definition) is 0. The van der Waals surface area contributed by atoms with Gasteiger partial charge in [-0.25, -0.2) is 4.98 Å². The molecule has 0 aromatic carbocycles. The van der Waals surface area contributed by atoms with E-state index in [0.29, 0.717) is 18.0 Å². The minimum atomic E-state index is -0.620. The second-order valence-electron chi connectivity index (χ2n) is 3.28. The standard InChI is InChI=1S/C9H8N2O2S/c1-13-8-11-4-7(14-8)9(5-10)2-6(12)3-9/h4H,2-3H2,1H3. The fourth-order valence-corrected chi connectivity index (χ4v) is 2.37. The molecule has 0 atom stereocenters. The first kappa shape index (κ1) is 9.16. The Hall–Kier alpha value is -1.41. The maximum absolute atomic E-state index is 10.9. The molecule has 72 valence electrons. The molecule has 0 spiro atoms. The number of hydrogen-bond acceptors (Lipinski definition) is 5. The lowest BCUT2D eigenvalue weighted by Gasteiger charge is -2.31. The van der Waals surface area contributed by atoms with Crippen LogP contribution < -0.4 is 4.74 Å². The molecular formula is C9H8N2O2S. The topological polar surface area (TPSA) is 63.0 Å². The summed E-state index contributed by atoms with van der Waals surface area (Å²) < 4.78 is 4.94. The lowest BCUT2D eigenvalue weighted by molar-refractivity contribution is -0.126. The van der Waals surface area contributed by atoms with Gasteiger partial charge >= 0.3 is 0 Å². The van der Waals surface area contributed by atoms with Crippen molar-refractivity contribution in [3.8, 4) is 11.3 Å². The number of nitriles is 1. The van der Waals surface area contributed by atoms with Gasteiger partial charge in [-0.2, -0.15) is 5.26 Å². The number of ether oxygens (including phenoxy) is 1. The van der Waals surface area contributed by atoms with Crippen molar-refractivity contribution in [2.24, 2.45) is 0 Å². The van der Waals surface area contributed by atoms with E-state index in [0.717, 1.165) is 4.88 Å². The van der Waals surface area contributed by atoms with Gasteiger partial charge in [0.05, 0.1) is 13.2 Å². The predicted octanol–water partition coefficient (Wildman–Crippen LogP) is 1.28. The van der Waals surface area contributed by atoms with Crippen molar-refractivity contribution in [1.29, 1.82) is 5.26 Å². The SMILES string of the molecule is COc1ncc(C2(C#N)CC(=O)C2)s1. The number of aromatic nitrogens is 1. The Morgan fingerprint density at radius 2 is 2.43 bits per heavy atom. The molecule has 1 aliphatic carbocycles. The van der Waals surface area contributed by atoms with E-state index in [1.807, 2.05) is 0 Å². The first-order chi connectivity index (χ1) is 6.70. The molecule has 5 heteroatoms. The van der Waals surface area contributed by atoms with E-state index < -0.39 is 5.41 Å². The quantitative estimate of drug-likeness (QED) is 0.734. The molecule has 0 N–H and O–H groups in total. The second kappa shape index (κ2) is 3.07. The van der Waals surface area contributed by atoms with Crippen molar-refractivity contribution in [3.63, 3.8) is 0 Å². The van der Waals surface area contributed by atoms with Crippen molar-refractivity contribution in [1.82, 2.24) is 4.98 Å². The van der Waals surface area contributed by atoms with Gasteiger partial charge in [-0.3, -0.25) is 4.79 Å². The van der Waals surface area contributed by atoms with Gasteiger partial charge in [0, 0.05) is 23.9 Å². The summed E-state index contributed by atoms with van der Waals surface area (Å²) in [5, 5.41) is 9.56. The van der Waals surface area contributed by atoms with Crippen LogP contribution in [-0.4, -0.2) is 17.9 Å². The number of carbonyl (C=O) groups excluding carboxylic acids is 1. The highest BCUT2D eigenvalue weighted by Crippen LogP contribution is 2.44. The van der Waals surface area contributed by atoms with Crippen LogP contribution in [0.5, 0.6) is 5.19 Å². The van der Waals surface area contributed by atoms with Crippen LogP contribution in [0.3, 0.4) is 0 Å². The maximum Gasteiger partial charge on any atom is 0.273 e. The molecule has 1 aromatic heterocycles. The van der Waals surface area contributed by atoms with E-state index >= 15 is 0 Å². The summed E-state index contributed by atoms with van der Waals surface area (Å²) in [4.78, 5) is 15.7. The monoisotopic (exact) mass is 208 g/mol. The first-order valence-corrected chi connectivity index (χ1v) is 4.95. The Bertz CT molecular complexity index is 411. The Kier molecular flexibility index (Phi) is 2.01. The Labute approximate surface area is 85.1 Å². The van der Waals surface area contributed by atoms with Crippen LogP contribution in [0.25, 0.3) is 0 Å². The molecule has 0 aliphatic heterocycles. The van der Waals surface area contributed by atoms with Gasteiger partial charge in [-0.05, 0) is 0 Å². The van der Waals surface area contributed by atoms with E-state index in [9.17, 15) is 4.79 Å². The van der Waals surface area contributed by atoms with Crippen LogP contribution in [0.15, 0.2) is 6.20 Å². The summed E-state index contributed by atoms with van der Waals surface area (Å²) >= 11 is 1.33. The van der Waals surface area contributed by atoms with Crippen LogP contribution in [0.2, 0.25) is 0 Å². The Balaban J connectivity index is 2.30. The van der Waals surface area contributed by atoms with Crippen LogP contribution >= 0.6 is 11.3 Å². The molecule has 0 bridgehead atoms. The van der Waals surface area contributed by atoms with Gasteiger partial charge in [-0.1, -0.05) is 11.3 Å². The van der Waals surface area contributed by atoms with E-state index in [2.05, 4.69) is 11.1 Å². The van der Waals surface area contributed by atoms with Gasteiger partial charge in [0.25, 0.3) is 5.19 Å². The zero-order valence-corrected chi connectivity index (χ0v) is 8.43. The molecular weight excluding hydrogens is 200 g/mol. The number of Topliss-reactive ketones (excluding diaryl/α,β-unsaturated/α-hetero) is 1. The summed E-state index contributed by atoms with van der Waals surface area (Å²) in [6, 6.07) is 2.19. The predicted molar refractivity (Wildman–Crippen MR) is 50.2 cm³/mol. The molecule has 0 unspecified atom stereocenters. The number of thiazole rings is 1. The zero-order chi connectivity index (χ0) is 10.2. The molecule has 0 radical (unpaired) electrons.